The number of carbonyl (C=O) groups is 1. The third-order valence-corrected chi connectivity index (χ3v) is 5.16. The molecular formula is C16H24N4OS. The van der Waals surface area contributed by atoms with Crippen LogP contribution in [0.2, 0.25) is 0 Å². The number of hydrogen-bond donors (Lipinski definition) is 0. The van der Waals surface area contributed by atoms with Crippen LogP contribution in [0.15, 0.2) is 11.2 Å². The normalized spacial score (nSPS) is 19.3. The third-order valence-electron chi connectivity index (χ3n) is 4.61. The van der Waals surface area contributed by atoms with E-state index in [1.54, 1.807) is 11.8 Å². The second-order valence-corrected chi connectivity index (χ2v) is 7.07. The van der Waals surface area contributed by atoms with Gasteiger partial charge in [-0.3, -0.25) is 4.79 Å². The van der Waals surface area contributed by atoms with Crippen molar-refractivity contribution in [3.63, 3.8) is 0 Å². The molecule has 1 saturated carbocycles. The topological polar surface area (TPSA) is 49.3 Å². The van der Waals surface area contributed by atoms with Gasteiger partial charge >= 0.3 is 0 Å². The first-order valence-electron chi connectivity index (χ1n) is 8.00. The van der Waals surface area contributed by atoms with Crippen LogP contribution in [0.5, 0.6) is 0 Å². The maximum atomic E-state index is 12.2. The highest BCUT2D eigenvalue weighted by molar-refractivity contribution is 7.98. The van der Waals surface area contributed by atoms with E-state index in [1.807, 2.05) is 25.1 Å². The summed E-state index contributed by atoms with van der Waals surface area (Å²) in [5, 5.41) is 0.832. The molecule has 2 fully saturated rings. The fraction of sp³-hybridized carbons (Fsp3) is 0.688. The van der Waals surface area contributed by atoms with Crippen molar-refractivity contribution in [1.82, 2.24) is 14.9 Å². The van der Waals surface area contributed by atoms with Crippen molar-refractivity contribution < 1.29 is 4.79 Å². The van der Waals surface area contributed by atoms with Crippen molar-refractivity contribution in [2.75, 3.05) is 31.3 Å². The van der Waals surface area contributed by atoms with Gasteiger partial charge in [0.25, 0.3) is 0 Å². The first kappa shape index (κ1) is 15.6. The van der Waals surface area contributed by atoms with E-state index in [0.717, 1.165) is 55.4 Å². The quantitative estimate of drug-likeness (QED) is 0.629. The van der Waals surface area contributed by atoms with Gasteiger partial charge in [-0.25, -0.2) is 9.97 Å². The van der Waals surface area contributed by atoms with Gasteiger partial charge in [-0.05, 0) is 38.9 Å². The zero-order valence-corrected chi connectivity index (χ0v) is 14.4. The molecule has 1 aromatic heterocycles. The van der Waals surface area contributed by atoms with Gasteiger partial charge in [0.1, 0.15) is 5.82 Å². The molecular weight excluding hydrogens is 296 g/mol. The van der Waals surface area contributed by atoms with Crippen LogP contribution in [0.25, 0.3) is 0 Å². The third kappa shape index (κ3) is 3.37. The van der Waals surface area contributed by atoms with Crippen LogP contribution in [0.4, 0.5) is 5.82 Å². The smallest absolute Gasteiger partial charge is 0.225 e. The zero-order chi connectivity index (χ0) is 15.7. The number of amides is 1. The molecule has 0 spiro atoms. The van der Waals surface area contributed by atoms with E-state index in [4.69, 9.17) is 0 Å². The lowest BCUT2D eigenvalue weighted by Crippen LogP contribution is -2.46. The van der Waals surface area contributed by atoms with Gasteiger partial charge in [0, 0.05) is 43.9 Å². The molecule has 22 heavy (non-hydrogen) atoms. The van der Waals surface area contributed by atoms with Gasteiger partial charge in [0.2, 0.25) is 5.91 Å². The number of thioether (sulfide) groups is 1. The standard InChI is InChI=1S/C16H24N4OS/c1-11-10-14(18-16(17-11)22-3)20-8-6-13(7-9-20)19(2)15(21)12-4-5-12/h10,12-13H,4-9H2,1-3H3. The van der Waals surface area contributed by atoms with Crippen LogP contribution in [0.3, 0.4) is 0 Å². The number of hydrogen-bond acceptors (Lipinski definition) is 5. The Labute approximate surface area is 136 Å². The molecule has 120 valence electrons. The van der Waals surface area contributed by atoms with Crippen molar-refractivity contribution in [2.24, 2.45) is 5.92 Å². The number of nitrogens with zero attached hydrogens (tertiary/aromatic N) is 4. The first-order chi connectivity index (χ1) is 10.6. The van der Waals surface area contributed by atoms with Crippen LogP contribution >= 0.6 is 11.8 Å². The Kier molecular flexibility index (Phi) is 4.57. The molecule has 2 heterocycles. The molecule has 1 saturated heterocycles. The summed E-state index contributed by atoms with van der Waals surface area (Å²) >= 11 is 1.58. The highest BCUT2D eigenvalue weighted by Crippen LogP contribution is 2.32. The monoisotopic (exact) mass is 320 g/mol. The maximum Gasteiger partial charge on any atom is 0.225 e. The highest BCUT2D eigenvalue weighted by Gasteiger charge is 2.35. The molecule has 2 aliphatic rings. The van der Waals surface area contributed by atoms with Gasteiger partial charge in [0.05, 0.1) is 0 Å². The van der Waals surface area contributed by atoms with Crippen molar-refractivity contribution in [3.8, 4) is 0 Å². The fourth-order valence-corrected chi connectivity index (χ4v) is 3.48. The summed E-state index contributed by atoms with van der Waals surface area (Å²) in [5.74, 6) is 1.68. The number of rotatable bonds is 4. The minimum absolute atomic E-state index is 0.316. The van der Waals surface area contributed by atoms with E-state index in [2.05, 4.69) is 20.9 Å². The summed E-state index contributed by atoms with van der Waals surface area (Å²) in [6, 6.07) is 2.44. The number of anilines is 1. The molecule has 0 aromatic carbocycles. The van der Waals surface area contributed by atoms with Gasteiger partial charge in [0.15, 0.2) is 5.16 Å². The lowest BCUT2D eigenvalue weighted by atomic mass is 10.0. The molecule has 0 radical (unpaired) electrons. The molecule has 3 rings (SSSR count). The molecule has 1 aromatic rings. The molecule has 0 N–H and O–H groups in total. The Morgan fingerprint density at radius 3 is 2.55 bits per heavy atom. The van der Waals surface area contributed by atoms with Crippen molar-refractivity contribution in [2.45, 2.75) is 43.8 Å². The SMILES string of the molecule is CSc1nc(C)cc(N2CCC(N(C)C(=O)C3CC3)CC2)n1. The summed E-state index contributed by atoms with van der Waals surface area (Å²) in [6.07, 6.45) is 6.21. The summed E-state index contributed by atoms with van der Waals surface area (Å²) < 4.78 is 0. The Morgan fingerprint density at radius 1 is 1.27 bits per heavy atom. The highest BCUT2D eigenvalue weighted by atomic mass is 32.2. The lowest BCUT2D eigenvalue weighted by Gasteiger charge is -2.37. The Hall–Kier alpha value is -1.30. The van der Waals surface area contributed by atoms with E-state index < -0.39 is 0 Å². The van der Waals surface area contributed by atoms with Gasteiger partial charge in [-0.2, -0.15) is 0 Å². The number of piperidine rings is 1. The molecule has 1 aliphatic heterocycles. The van der Waals surface area contributed by atoms with E-state index in [1.165, 1.54) is 0 Å². The molecule has 6 heteroatoms. The van der Waals surface area contributed by atoms with Crippen LogP contribution in [-0.4, -0.2) is 53.2 Å². The summed E-state index contributed by atoms with van der Waals surface area (Å²) in [4.78, 5) is 25.5. The van der Waals surface area contributed by atoms with E-state index in [9.17, 15) is 4.79 Å². The molecule has 5 nitrogen and oxygen atoms in total. The zero-order valence-electron chi connectivity index (χ0n) is 13.6. The van der Waals surface area contributed by atoms with Gasteiger partial charge < -0.3 is 9.80 Å². The van der Waals surface area contributed by atoms with Crippen molar-refractivity contribution in [1.29, 1.82) is 0 Å². The molecule has 1 amide bonds. The van der Waals surface area contributed by atoms with Crippen LogP contribution in [0.1, 0.15) is 31.4 Å². The fourth-order valence-electron chi connectivity index (χ4n) is 3.06. The summed E-state index contributed by atoms with van der Waals surface area (Å²) in [5.41, 5.74) is 1.01. The largest absolute Gasteiger partial charge is 0.356 e. The second-order valence-electron chi connectivity index (χ2n) is 6.30. The average Bonchev–Trinajstić information content (AvgIpc) is 3.38. The van der Waals surface area contributed by atoms with Crippen LogP contribution in [0, 0.1) is 12.8 Å². The van der Waals surface area contributed by atoms with Crippen molar-refractivity contribution in [3.05, 3.63) is 11.8 Å². The Balaban J connectivity index is 1.61. The summed E-state index contributed by atoms with van der Waals surface area (Å²) in [7, 11) is 1.97. The maximum absolute atomic E-state index is 12.2. The Bertz CT molecular complexity index is 553. The van der Waals surface area contributed by atoms with Crippen LogP contribution in [-0.2, 0) is 4.79 Å². The molecule has 0 atom stereocenters. The molecule has 0 bridgehead atoms. The molecule has 0 unspecified atom stereocenters. The Morgan fingerprint density at radius 2 is 1.95 bits per heavy atom. The lowest BCUT2D eigenvalue weighted by molar-refractivity contribution is -0.133. The van der Waals surface area contributed by atoms with E-state index in [0.29, 0.717) is 17.9 Å². The number of aromatic nitrogens is 2. The number of aryl methyl sites for hydroxylation is 1. The predicted molar refractivity (Wildman–Crippen MR) is 89.3 cm³/mol. The van der Waals surface area contributed by atoms with E-state index in [-0.39, 0.29) is 0 Å². The summed E-state index contributed by atoms with van der Waals surface area (Å²) in [6.45, 7) is 3.92. The van der Waals surface area contributed by atoms with Gasteiger partial charge in [-0.15, -0.1) is 0 Å². The van der Waals surface area contributed by atoms with Gasteiger partial charge in [-0.1, -0.05) is 11.8 Å². The average molecular weight is 320 g/mol. The minimum Gasteiger partial charge on any atom is -0.356 e. The predicted octanol–water partition coefficient (Wildman–Crippen LogP) is 2.34. The van der Waals surface area contributed by atoms with Crippen molar-refractivity contribution >= 4 is 23.5 Å². The van der Waals surface area contributed by atoms with Crippen LogP contribution < -0.4 is 4.90 Å². The second kappa shape index (κ2) is 6.44. The number of carbonyl (C=O) groups excluding carboxylic acids is 1. The van der Waals surface area contributed by atoms with E-state index >= 15 is 0 Å². The minimum atomic E-state index is 0.316. The first-order valence-corrected chi connectivity index (χ1v) is 9.22. The molecule has 1 aliphatic carbocycles.